The molecule has 0 aliphatic heterocycles. The van der Waals surface area contributed by atoms with Gasteiger partial charge in [-0.05, 0) is 0 Å². The molecule has 0 saturated carbocycles. The molecule has 6 heteroatoms. The molecule has 0 radical (unpaired) electrons. The van der Waals surface area contributed by atoms with Crippen LogP contribution in [0.25, 0.3) is 11.0 Å². The van der Waals surface area contributed by atoms with E-state index in [0.717, 1.165) is 26.2 Å². The summed E-state index contributed by atoms with van der Waals surface area (Å²) in [4.78, 5) is 0. The minimum absolute atomic E-state index is 0.0141. The molecule has 1 N–H and O–H groups in total. The van der Waals surface area contributed by atoms with E-state index in [2.05, 4.69) is 35.9 Å². The van der Waals surface area contributed by atoms with E-state index in [1.54, 1.807) is 0 Å². The first-order valence-corrected chi connectivity index (χ1v) is 7.63. The van der Waals surface area contributed by atoms with Crippen LogP contribution in [-0.2, 0) is 6.54 Å². The number of halogens is 1. The first-order chi connectivity index (χ1) is 8.33. The summed E-state index contributed by atoms with van der Waals surface area (Å²) in [5.74, 6) is 0.924. The molecule has 86 valence electrons. The number of nitrogens with zero attached hydrogens (tertiary/aromatic N) is 2. The average molecular weight is 404 g/mol. The molecule has 0 spiro atoms. The summed E-state index contributed by atoms with van der Waals surface area (Å²) < 4.78 is 15.2. The second-order valence-corrected chi connectivity index (χ2v) is 5.67. The molecule has 0 unspecified atom stereocenters. The zero-order valence-corrected chi connectivity index (χ0v) is 12.6. The fourth-order valence-corrected chi connectivity index (χ4v) is 3.19. The number of aromatic nitrogens is 2. The van der Waals surface area contributed by atoms with Crippen molar-refractivity contribution in [3.8, 4) is 0 Å². The van der Waals surface area contributed by atoms with Crippen LogP contribution in [0.3, 0.4) is 0 Å². The van der Waals surface area contributed by atoms with Gasteiger partial charge in [0, 0.05) is 0 Å². The van der Waals surface area contributed by atoms with Gasteiger partial charge < -0.3 is 0 Å². The molecule has 0 saturated heterocycles. The van der Waals surface area contributed by atoms with Crippen molar-refractivity contribution in [3.63, 3.8) is 0 Å². The molecule has 0 aliphatic carbocycles. The van der Waals surface area contributed by atoms with Crippen LogP contribution in [0.4, 0.5) is 5.69 Å². The van der Waals surface area contributed by atoms with Gasteiger partial charge in [-0.1, -0.05) is 0 Å². The van der Waals surface area contributed by atoms with Gasteiger partial charge in [0.1, 0.15) is 0 Å². The Balaban J connectivity index is 1.83. The van der Waals surface area contributed by atoms with Gasteiger partial charge in [0.05, 0.1) is 0 Å². The van der Waals surface area contributed by atoms with Crippen molar-refractivity contribution < 1.29 is 4.42 Å². The second kappa shape index (κ2) is 4.80. The van der Waals surface area contributed by atoms with Crippen LogP contribution in [0.2, 0.25) is 0 Å². The van der Waals surface area contributed by atoms with Crippen LogP contribution >= 0.6 is 22.6 Å². The molecule has 3 aromatic rings. The average Bonchev–Trinajstić information content (AvgIpc) is 2.94. The summed E-state index contributed by atoms with van der Waals surface area (Å²) in [5, 5.41) is 3.33. The molecule has 2 aromatic heterocycles. The third kappa shape index (κ3) is 2.38. The number of benzene rings is 1. The van der Waals surface area contributed by atoms with E-state index < -0.39 is 0 Å². The Hall–Kier alpha value is -0.851. The predicted octanol–water partition coefficient (Wildman–Crippen LogP) is 2.50. The summed E-state index contributed by atoms with van der Waals surface area (Å²) in [6, 6.07) is 9.94. The molecular formula is C11H8IN3OSe. The third-order valence-electron chi connectivity index (χ3n) is 2.37. The van der Waals surface area contributed by atoms with E-state index in [1.807, 2.05) is 30.3 Å². The zero-order chi connectivity index (χ0) is 11.7. The monoisotopic (exact) mass is 405 g/mol. The van der Waals surface area contributed by atoms with Crippen LogP contribution in [-0.4, -0.2) is 22.9 Å². The maximum absolute atomic E-state index is 5.50. The van der Waals surface area contributed by atoms with Gasteiger partial charge in [0.2, 0.25) is 0 Å². The van der Waals surface area contributed by atoms with Crippen molar-refractivity contribution in [1.29, 1.82) is 0 Å². The minimum atomic E-state index is 0.0141. The van der Waals surface area contributed by atoms with Crippen molar-refractivity contribution >= 4 is 54.3 Å². The van der Waals surface area contributed by atoms with Gasteiger partial charge in [0.25, 0.3) is 0 Å². The number of nitrogens with one attached hydrogen (secondary N) is 1. The number of hydrogen-bond acceptors (Lipinski definition) is 4. The SMILES string of the molecule is Ic1ccc(CNc2cccc3n[se]nc23)o1. The summed E-state index contributed by atoms with van der Waals surface area (Å²) in [5.41, 5.74) is 3.00. The fraction of sp³-hybridized carbons (Fsp3) is 0.0909. The van der Waals surface area contributed by atoms with Gasteiger partial charge in [-0.15, -0.1) is 0 Å². The second-order valence-electron chi connectivity index (χ2n) is 3.50. The number of furan rings is 1. The van der Waals surface area contributed by atoms with Crippen molar-refractivity contribution in [3.05, 3.63) is 39.9 Å². The van der Waals surface area contributed by atoms with Gasteiger partial charge in [-0.25, -0.2) is 0 Å². The molecule has 0 bridgehead atoms. The van der Waals surface area contributed by atoms with Crippen molar-refractivity contribution in [2.75, 3.05) is 5.32 Å². The number of rotatable bonds is 3. The van der Waals surface area contributed by atoms with Crippen LogP contribution in [0.1, 0.15) is 5.76 Å². The molecule has 0 amide bonds. The Bertz CT molecular complexity index is 649. The quantitative estimate of drug-likeness (QED) is 0.539. The van der Waals surface area contributed by atoms with Crippen LogP contribution in [0, 0.1) is 3.77 Å². The van der Waals surface area contributed by atoms with E-state index in [0.29, 0.717) is 6.54 Å². The van der Waals surface area contributed by atoms with E-state index in [-0.39, 0.29) is 15.0 Å². The molecule has 2 heterocycles. The van der Waals surface area contributed by atoms with Gasteiger partial charge >= 0.3 is 118 Å². The van der Waals surface area contributed by atoms with Gasteiger partial charge in [-0.3, -0.25) is 0 Å². The predicted molar refractivity (Wildman–Crippen MR) is 75.2 cm³/mol. The zero-order valence-electron chi connectivity index (χ0n) is 8.68. The topological polar surface area (TPSA) is 51.0 Å². The molecule has 17 heavy (non-hydrogen) atoms. The van der Waals surface area contributed by atoms with Crippen LogP contribution < -0.4 is 5.32 Å². The number of hydrogen-bond donors (Lipinski definition) is 1. The first kappa shape index (κ1) is 11.3. The molecule has 0 aliphatic rings. The summed E-state index contributed by atoms with van der Waals surface area (Å²) in [6.07, 6.45) is 0. The van der Waals surface area contributed by atoms with Gasteiger partial charge in [-0.2, -0.15) is 0 Å². The van der Waals surface area contributed by atoms with E-state index in [4.69, 9.17) is 4.42 Å². The fourth-order valence-electron chi connectivity index (χ4n) is 1.58. The molecule has 0 atom stereocenters. The first-order valence-electron chi connectivity index (χ1n) is 5.02. The molecule has 0 fully saturated rings. The normalized spacial score (nSPS) is 10.9. The Labute approximate surface area is 118 Å². The summed E-state index contributed by atoms with van der Waals surface area (Å²) in [7, 11) is 0. The summed E-state index contributed by atoms with van der Waals surface area (Å²) >= 11 is 2.17. The van der Waals surface area contributed by atoms with E-state index in [1.165, 1.54) is 0 Å². The molecule has 3 rings (SSSR count). The summed E-state index contributed by atoms with van der Waals surface area (Å²) in [6.45, 7) is 0.669. The molecule has 4 nitrogen and oxygen atoms in total. The van der Waals surface area contributed by atoms with Crippen molar-refractivity contribution in [1.82, 2.24) is 7.96 Å². The Morgan fingerprint density at radius 2 is 2.18 bits per heavy atom. The Kier molecular flexibility index (Phi) is 3.17. The standard InChI is InChI=1S/C11H8IN3OSe/c12-10-5-4-7(16-10)6-13-8-2-1-3-9-11(8)15-17-14-9/h1-5,13H,6H2. The van der Waals surface area contributed by atoms with Crippen molar-refractivity contribution in [2.24, 2.45) is 0 Å². The Morgan fingerprint density at radius 1 is 1.24 bits per heavy atom. The van der Waals surface area contributed by atoms with Crippen LogP contribution in [0.15, 0.2) is 34.7 Å². The number of anilines is 1. The van der Waals surface area contributed by atoms with E-state index >= 15 is 0 Å². The van der Waals surface area contributed by atoms with E-state index in [9.17, 15) is 0 Å². The third-order valence-corrected chi connectivity index (χ3v) is 4.09. The van der Waals surface area contributed by atoms with Crippen LogP contribution in [0.5, 0.6) is 0 Å². The maximum atomic E-state index is 5.50. The van der Waals surface area contributed by atoms with Gasteiger partial charge in [0.15, 0.2) is 0 Å². The Morgan fingerprint density at radius 3 is 3.00 bits per heavy atom. The molecule has 1 aromatic carbocycles. The van der Waals surface area contributed by atoms with Crippen molar-refractivity contribution in [2.45, 2.75) is 6.54 Å². The molecular weight excluding hydrogens is 396 g/mol. The number of fused-ring (bicyclic) bond motifs is 1.